The van der Waals surface area contributed by atoms with Gasteiger partial charge in [-0.25, -0.2) is 9.18 Å². The molecule has 100 valence electrons. The van der Waals surface area contributed by atoms with E-state index in [1.165, 1.54) is 13.1 Å². The van der Waals surface area contributed by atoms with Crippen LogP contribution in [0.5, 0.6) is 0 Å². The molecule has 1 saturated heterocycles. The maximum absolute atomic E-state index is 13.6. The second-order valence-corrected chi connectivity index (χ2v) is 4.26. The highest BCUT2D eigenvalue weighted by atomic mass is 18.2. The van der Waals surface area contributed by atoms with Gasteiger partial charge in [-0.2, -0.15) is 0 Å². The predicted molar refractivity (Wildman–Crippen MR) is 57.7 cm³/mol. The average Bonchev–Trinajstić information content (AvgIpc) is 2.58. The fraction of sp³-hybridized carbons (Fsp3) is 0.600. The van der Waals surface area contributed by atoms with Crippen LogP contribution in [0.25, 0.3) is 0 Å². The van der Waals surface area contributed by atoms with Crippen molar-refractivity contribution < 1.29 is 19.3 Å². The minimum Gasteiger partial charge on any atom is -0.393 e. The Labute approximate surface area is 100 Å². The lowest BCUT2D eigenvalue weighted by molar-refractivity contribution is -0.150. The molecule has 0 radical (unpaired) electrons. The minimum absolute atomic E-state index is 0.257. The van der Waals surface area contributed by atoms with Gasteiger partial charge < -0.3 is 14.9 Å². The molecule has 2 heterocycles. The summed E-state index contributed by atoms with van der Waals surface area (Å²) < 4.78 is 19.6. The number of aromatic nitrogens is 2. The van der Waals surface area contributed by atoms with E-state index in [1.807, 2.05) is 4.98 Å². The van der Waals surface area contributed by atoms with E-state index in [4.69, 9.17) is 9.84 Å². The van der Waals surface area contributed by atoms with Crippen molar-refractivity contribution in [2.24, 2.45) is 0 Å². The van der Waals surface area contributed by atoms with E-state index >= 15 is 0 Å². The van der Waals surface area contributed by atoms with Crippen molar-refractivity contribution >= 4 is 0 Å². The van der Waals surface area contributed by atoms with Crippen molar-refractivity contribution in [3.8, 4) is 0 Å². The van der Waals surface area contributed by atoms with Crippen molar-refractivity contribution in [2.75, 3.05) is 6.61 Å². The maximum atomic E-state index is 13.6. The zero-order chi connectivity index (χ0) is 13.5. The Bertz CT molecular complexity index is 564. The fourth-order valence-electron chi connectivity index (χ4n) is 1.87. The first-order valence-electron chi connectivity index (χ1n) is 5.35. The molecule has 0 spiro atoms. The molecule has 2 rings (SSSR count). The van der Waals surface area contributed by atoms with Gasteiger partial charge in [0.15, 0.2) is 0 Å². The second-order valence-electron chi connectivity index (χ2n) is 4.26. The summed E-state index contributed by atoms with van der Waals surface area (Å²) in [6.45, 7) is 0.773. The Kier molecular flexibility index (Phi) is 3.09. The normalized spacial score (nSPS) is 31.8. The molecule has 0 bridgehead atoms. The molecular weight excluding hydrogens is 246 g/mol. The lowest BCUT2D eigenvalue weighted by Gasteiger charge is -2.16. The number of aliphatic hydroxyl groups is 2. The van der Waals surface area contributed by atoms with Crippen LogP contribution in [-0.4, -0.2) is 38.3 Å². The lowest BCUT2D eigenvalue weighted by atomic mass is 10.1. The van der Waals surface area contributed by atoms with Crippen LogP contribution in [0.3, 0.4) is 0 Å². The number of ether oxygens (including phenoxy) is 1. The average molecular weight is 259 g/mol. The molecule has 3 atom stereocenters. The molecule has 1 aliphatic rings. The van der Waals surface area contributed by atoms with E-state index in [0.717, 1.165) is 4.57 Å². The third-order valence-corrected chi connectivity index (χ3v) is 2.90. The monoisotopic (exact) mass is 259 g/mol. The molecule has 1 aliphatic heterocycles. The Balaban J connectivity index is 2.38. The first kappa shape index (κ1) is 12.9. The SMILES string of the molecule is Cc1cn([C@H]2C[C@@](O)([18F])[C@@H](CO)O2)c(=O)[nH]c1=O. The molecule has 0 aliphatic carbocycles. The number of nitrogens with one attached hydrogen (secondary N) is 1. The summed E-state index contributed by atoms with van der Waals surface area (Å²) >= 11 is 0. The summed E-state index contributed by atoms with van der Waals surface area (Å²) in [6, 6.07) is 0. The van der Waals surface area contributed by atoms with E-state index in [9.17, 15) is 19.1 Å². The number of hydrogen-bond donors (Lipinski definition) is 3. The number of nitrogens with zero attached hydrogens (tertiary/aromatic N) is 1. The Hall–Kier alpha value is -1.51. The molecule has 1 aromatic rings. The van der Waals surface area contributed by atoms with E-state index < -0.39 is 42.5 Å². The largest absolute Gasteiger partial charge is 0.393 e. The van der Waals surface area contributed by atoms with Crippen LogP contribution in [-0.2, 0) is 4.74 Å². The van der Waals surface area contributed by atoms with Crippen LogP contribution in [0.2, 0.25) is 0 Å². The standard InChI is InChI=1S/C10H13FN2O5/c1-5-3-13(9(16)12-8(5)15)7-2-10(11,17)6(4-14)18-7/h3,6-7,14,17H,2,4H2,1H3,(H,12,15,16)/t6-,7-,10+/m1/s1/i11-1. The lowest BCUT2D eigenvalue weighted by Crippen LogP contribution is -2.35. The van der Waals surface area contributed by atoms with E-state index in [-0.39, 0.29) is 5.56 Å². The highest BCUT2D eigenvalue weighted by molar-refractivity contribution is 5.02. The van der Waals surface area contributed by atoms with Crippen molar-refractivity contribution in [3.63, 3.8) is 0 Å². The molecule has 0 aromatic carbocycles. The van der Waals surface area contributed by atoms with Crippen LogP contribution in [0.1, 0.15) is 18.2 Å². The van der Waals surface area contributed by atoms with Gasteiger partial charge in [-0.05, 0) is 6.92 Å². The van der Waals surface area contributed by atoms with E-state index in [2.05, 4.69) is 0 Å². The molecule has 7 nitrogen and oxygen atoms in total. The number of aliphatic hydroxyl groups excluding tert-OH is 1. The van der Waals surface area contributed by atoms with Gasteiger partial charge in [0.1, 0.15) is 12.3 Å². The second kappa shape index (κ2) is 4.30. The van der Waals surface area contributed by atoms with Crippen molar-refractivity contribution in [3.05, 3.63) is 32.6 Å². The third-order valence-electron chi connectivity index (χ3n) is 2.90. The van der Waals surface area contributed by atoms with Crippen LogP contribution < -0.4 is 11.2 Å². The zero-order valence-corrected chi connectivity index (χ0v) is 9.59. The number of aromatic amines is 1. The molecule has 0 saturated carbocycles. The summed E-state index contributed by atoms with van der Waals surface area (Å²) in [4.78, 5) is 24.8. The highest BCUT2D eigenvalue weighted by Crippen LogP contribution is 2.36. The molecule has 0 amide bonds. The zero-order valence-electron chi connectivity index (χ0n) is 9.59. The molecule has 8 heteroatoms. The number of aryl methyl sites for hydroxylation is 1. The van der Waals surface area contributed by atoms with Crippen molar-refractivity contribution in [1.29, 1.82) is 0 Å². The van der Waals surface area contributed by atoms with Gasteiger partial charge in [-0.1, -0.05) is 0 Å². The molecule has 18 heavy (non-hydrogen) atoms. The Morgan fingerprint density at radius 2 is 2.33 bits per heavy atom. The van der Waals surface area contributed by atoms with Gasteiger partial charge in [0.25, 0.3) is 5.56 Å². The first-order valence-corrected chi connectivity index (χ1v) is 5.35. The van der Waals surface area contributed by atoms with Gasteiger partial charge in [-0.3, -0.25) is 14.3 Å². The Morgan fingerprint density at radius 3 is 2.89 bits per heavy atom. The van der Waals surface area contributed by atoms with Crippen molar-refractivity contribution in [2.45, 2.75) is 31.5 Å². The first-order chi connectivity index (χ1) is 8.35. The summed E-state index contributed by atoms with van der Waals surface area (Å²) in [5, 5.41) is 18.2. The fourth-order valence-corrected chi connectivity index (χ4v) is 1.87. The maximum Gasteiger partial charge on any atom is 0.330 e. The van der Waals surface area contributed by atoms with Gasteiger partial charge in [0.05, 0.1) is 13.0 Å². The quantitative estimate of drug-likeness (QED) is 0.617. The number of alkyl halides is 1. The van der Waals surface area contributed by atoms with Gasteiger partial charge in [0.2, 0.25) is 5.85 Å². The molecular formula is C10H13FN2O5. The summed E-state index contributed by atoms with van der Waals surface area (Å²) in [5.41, 5.74) is -1.04. The van der Waals surface area contributed by atoms with Gasteiger partial charge in [-0.15, -0.1) is 0 Å². The third kappa shape index (κ3) is 2.09. The van der Waals surface area contributed by atoms with Crippen LogP contribution >= 0.6 is 0 Å². The van der Waals surface area contributed by atoms with Crippen molar-refractivity contribution in [1.82, 2.24) is 9.55 Å². The molecule has 0 unspecified atom stereocenters. The minimum atomic E-state index is -2.71. The van der Waals surface area contributed by atoms with Crippen LogP contribution in [0.15, 0.2) is 15.8 Å². The van der Waals surface area contributed by atoms with Crippen LogP contribution in [0, 0.1) is 6.92 Å². The topological polar surface area (TPSA) is 105 Å². The number of hydrogen-bond acceptors (Lipinski definition) is 5. The summed E-state index contributed by atoms with van der Waals surface area (Å²) in [7, 11) is 0. The summed E-state index contributed by atoms with van der Waals surface area (Å²) in [5.74, 6) is -2.71. The predicted octanol–water partition coefficient (Wildman–Crippen LogP) is -1.22. The van der Waals surface area contributed by atoms with Crippen LogP contribution in [0.4, 0.5) is 4.39 Å². The van der Waals surface area contributed by atoms with E-state index in [0.29, 0.717) is 0 Å². The summed E-state index contributed by atoms with van der Waals surface area (Å²) in [6.07, 6.45) is -1.76. The number of H-pyrrole nitrogens is 1. The van der Waals surface area contributed by atoms with Gasteiger partial charge >= 0.3 is 5.69 Å². The number of halogens is 1. The molecule has 1 aromatic heterocycles. The molecule has 3 N–H and O–H groups in total. The van der Waals surface area contributed by atoms with Gasteiger partial charge in [0, 0.05) is 11.8 Å². The Morgan fingerprint density at radius 1 is 1.67 bits per heavy atom. The highest BCUT2D eigenvalue weighted by Gasteiger charge is 2.48. The molecule has 1 fully saturated rings. The number of rotatable bonds is 2. The van der Waals surface area contributed by atoms with E-state index in [1.54, 1.807) is 0 Å². The smallest absolute Gasteiger partial charge is 0.330 e.